The van der Waals surface area contributed by atoms with Crippen molar-refractivity contribution in [1.29, 1.82) is 0 Å². The van der Waals surface area contributed by atoms with Gasteiger partial charge in [-0.2, -0.15) is 0 Å². The van der Waals surface area contributed by atoms with Gasteiger partial charge in [-0.3, -0.25) is 14.3 Å². The molecule has 2 heterocycles. The van der Waals surface area contributed by atoms with E-state index in [0.29, 0.717) is 0 Å². The Morgan fingerprint density at radius 3 is 2.72 bits per heavy atom. The number of benzene rings is 2. The van der Waals surface area contributed by atoms with Crippen LogP contribution in [0.15, 0.2) is 53.0 Å². The summed E-state index contributed by atoms with van der Waals surface area (Å²) in [5.41, 5.74) is 3.20. The predicted octanol–water partition coefficient (Wildman–Crippen LogP) is 4.52. The van der Waals surface area contributed by atoms with Crippen LogP contribution in [0.1, 0.15) is 32.5 Å². The molecule has 152 valence electrons. The van der Waals surface area contributed by atoms with Crippen molar-refractivity contribution in [2.24, 2.45) is 5.92 Å². The van der Waals surface area contributed by atoms with E-state index in [1.165, 1.54) is 0 Å². The molecule has 3 aromatic rings. The Bertz CT molecular complexity index is 996. The first-order valence-electron chi connectivity index (χ1n) is 10.3. The number of likely N-dealkylation sites (tertiary alicyclic amines) is 1. The zero-order valence-electron chi connectivity index (χ0n) is 16.9. The smallest absolute Gasteiger partial charge is 0.224 e. The summed E-state index contributed by atoms with van der Waals surface area (Å²) in [5.74, 6) is 1.24. The summed E-state index contributed by atoms with van der Waals surface area (Å²) in [7, 11) is 0. The fraction of sp³-hybridized carbons (Fsp3) is 0.391. The number of carbonyl (C=O) groups is 1. The number of carbonyl (C=O) groups excluding carboxylic acids is 1. The Morgan fingerprint density at radius 1 is 1.21 bits per heavy atom. The minimum Gasteiger partial charge on any atom is -0.354 e. The standard InChI is InChI=1S/C23H27BrN4O/c1-16(2)25-23(29)17-6-5-13-27(14-17)15-22-26-20-7-3-4-8-21(20)28(22)19-11-9-18(24)10-12-19/h3-4,7-12,16-17H,5-6,13-15H2,1-2H3,(H,25,29)/t17-/m1/s1. The molecule has 0 unspecified atom stereocenters. The van der Waals surface area contributed by atoms with E-state index < -0.39 is 0 Å². The maximum atomic E-state index is 12.5. The summed E-state index contributed by atoms with van der Waals surface area (Å²) in [6.45, 7) is 6.53. The second-order valence-corrected chi connectivity index (χ2v) is 8.98. The van der Waals surface area contributed by atoms with Gasteiger partial charge in [0.2, 0.25) is 5.91 Å². The van der Waals surface area contributed by atoms with Gasteiger partial charge in [0.15, 0.2) is 0 Å². The van der Waals surface area contributed by atoms with Crippen molar-refractivity contribution in [2.45, 2.75) is 39.3 Å². The molecule has 2 aromatic carbocycles. The number of imidazole rings is 1. The van der Waals surface area contributed by atoms with Gasteiger partial charge in [-0.15, -0.1) is 0 Å². The number of para-hydroxylation sites is 2. The monoisotopic (exact) mass is 454 g/mol. The largest absolute Gasteiger partial charge is 0.354 e. The molecule has 6 heteroatoms. The van der Waals surface area contributed by atoms with E-state index in [1.54, 1.807) is 0 Å². The maximum absolute atomic E-state index is 12.5. The SMILES string of the molecule is CC(C)NC(=O)[C@@H]1CCCN(Cc2nc3ccccc3n2-c2ccc(Br)cc2)C1. The van der Waals surface area contributed by atoms with Crippen LogP contribution in [-0.2, 0) is 11.3 Å². The summed E-state index contributed by atoms with van der Waals surface area (Å²) >= 11 is 3.52. The molecule has 0 saturated carbocycles. The average Bonchev–Trinajstić information content (AvgIpc) is 3.06. The molecule has 0 bridgehead atoms. The van der Waals surface area contributed by atoms with Crippen molar-refractivity contribution >= 4 is 32.9 Å². The topological polar surface area (TPSA) is 50.2 Å². The van der Waals surface area contributed by atoms with Crippen LogP contribution in [0.25, 0.3) is 16.7 Å². The zero-order chi connectivity index (χ0) is 20.4. The van der Waals surface area contributed by atoms with E-state index in [9.17, 15) is 4.79 Å². The summed E-state index contributed by atoms with van der Waals surface area (Å²) < 4.78 is 3.29. The Morgan fingerprint density at radius 2 is 1.97 bits per heavy atom. The number of nitrogens with zero attached hydrogens (tertiary/aromatic N) is 3. The summed E-state index contributed by atoms with van der Waals surface area (Å²) in [6, 6.07) is 16.8. The van der Waals surface area contributed by atoms with Crippen LogP contribution < -0.4 is 5.32 Å². The Kier molecular flexibility index (Phi) is 6.01. The molecule has 1 aromatic heterocycles. The van der Waals surface area contributed by atoms with Crippen molar-refractivity contribution in [1.82, 2.24) is 19.8 Å². The van der Waals surface area contributed by atoms with Crippen molar-refractivity contribution in [3.8, 4) is 5.69 Å². The van der Waals surface area contributed by atoms with Crippen LogP contribution in [0.2, 0.25) is 0 Å². The van der Waals surface area contributed by atoms with E-state index in [-0.39, 0.29) is 17.9 Å². The Hall–Kier alpha value is -2.18. The molecular weight excluding hydrogens is 428 g/mol. The summed E-state index contributed by atoms with van der Waals surface area (Å²) in [5, 5.41) is 3.07. The third kappa shape index (κ3) is 4.54. The van der Waals surface area contributed by atoms with Crippen LogP contribution in [0.4, 0.5) is 0 Å². The Balaban J connectivity index is 1.61. The molecule has 1 N–H and O–H groups in total. The maximum Gasteiger partial charge on any atom is 0.224 e. The molecule has 5 nitrogen and oxygen atoms in total. The lowest BCUT2D eigenvalue weighted by molar-refractivity contribution is -0.127. The van der Waals surface area contributed by atoms with Crippen LogP contribution in [0.3, 0.4) is 0 Å². The number of hydrogen-bond donors (Lipinski definition) is 1. The summed E-state index contributed by atoms with van der Waals surface area (Å²) in [4.78, 5) is 19.8. The number of hydrogen-bond acceptors (Lipinski definition) is 3. The van der Waals surface area contributed by atoms with Gasteiger partial charge in [-0.1, -0.05) is 28.1 Å². The molecule has 1 fully saturated rings. The van der Waals surface area contributed by atoms with Crippen molar-refractivity contribution in [3.63, 3.8) is 0 Å². The van der Waals surface area contributed by atoms with Gasteiger partial charge in [0, 0.05) is 22.7 Å². The van der Waals surface area contributed by atoms with Gasteiger partial charge in [-0.25, -0.2) is 4.98 Å². The van der Waals surface area contributed by atoms with Crippen molar-refractivity contribution in [2.75, 3.05) is 13.1 Å². The fourth-order valence-corrected chi connectivity index (χ4v) is 4.34. The highest BCUT2D eigenvalue weighted by molar-refractivity contribution is 9.10. The number of halogens is 1. The minimum absolute atomic E-state index is 0.0525. The van der Waals surface area contributed by atoms with E-state index >= 15 is 0 Å². The number of piperidine rings is 1. The molecule has 1 aliphatic heterocycles. The molecule has 1 aliphatic rings. The number of fused-ring (bicyclic) bond motifs is 1. The molecule has 1 saturated heterocycles. The molecule has 0 radical (unpaired) electrons. The first-order valence-corrected chi connectivity index (χ1v) is 11.1. The zero-order valence-corrected chi connectivity index (χ0v) is 18.5. The molecular formula is C23H27BrN4O. The first kappa shape index (κ1) is 20.1. The lowest BCUT2D eigenvalue weighted by Crippen LogP contribution is -2.44. The third-order valence-electron chi connectivity index (χ3n) is 5.39. The van der Waals surface area contributed by atoms with Gasteiger partial charge < -0.3 is 5.32 Å². The molecule has 4 rings (SSSR count). The lowest BCUT2D eigenvalue weighted by Gasteiger charge is -2.32. The average molecular weight is 455 g/mol. The lowest BCUT2D eigenvalue weighted by atomic mass is 9.97. The highest BCUT2D eigenvalue weighted by Crippen LogP contribution is 2.25. The third-order valence-corrected chi connectivity index (χ3v) is 5.92. The number of rotatable bonds is 5. The predicted molar refractivity (Wildman–Crippen MR) is 120 cm³/mol. The summed E-state index contributed by atoms with van der Waals surface area (Å²) in [6.07, 6.45) is 1.99. The van der Waals surface area contributed by atoms with Gasteiger partial charge in [-0.05, 0) is 69.6 Å². The van der Waals surface area contributed by atoms with Gasteiger partial charge >= 0.3 is 0 Å². The highest BCUT2D eigenvalue weighted by Gasteiger charge is 2.27. The normalized spacial score (nSPS) is 17.7. The fourth-order valence-electron chi connectivity index (χ4n) is 4.08. The molecule has 0 spiro atoms. The number of aromatic nitrogens is 2. The van der Waals surface area contributed by atoms with Crippen LogP contribution in [0.5, 0.6) is 0 Å². The molecule has 0 aliphatic carbocycles. The van der Waals surface area contributed by atoms with Crippen LogP contribution >= 0.6 is 15.9 Å². The van der Waals surface area contributed by atoms with Crippen LogP contribution in [0, 0.1) is 5.92 Å². The quantitative estimate of drug-likeness (QED) is 0.616. The van der Waals surface area contributed by atoms with Crippen molar-refractivity contribution < 1.29 is 4.79 Å². The van der Waals surface area contributed by atoms with E-state index in [2.05, 4.69) is 73.2 Å². The Labute approximate surface area is 180 Å². The number of nitrogens with one attached hydrogen (secondary N) is 1. The molecule has 1 amide bonds. The number of amides is 1. The van der Waals surface area contributed by atoms with Gasteiger partial charge in [0.1, 0.15) is 5.82 Å². The van der Waals surface area contributed by atoms with E-state index in [4.69, 9.17) is 4.98 Å². The van der Waals surface area contributed by atoms with Crippen LogP contribution in [-0.4, -0.2) is 39.5 Å². The first-order chi connectivity index (χ1) is 14.0. The molecule has 1 atom stereocenters. The van der Waals surface area contributed by atoms with Crippen molar-refractivity contribution in [3.05, 3.63) is 58.8 Å². The van der Waals surface area contributed by atoms with E-state index in [1.807, 2.05) is 19.9 Å². The highest BCUT2D eigenvalue weighted by atomic mass is 79.9. The molecule has 29 heavy (non-hydrogen) atoms. The second-order valence-electron chi connectivity index (χ2n) is 8.07. The van der Waals surface area contributed by atoms with E-state index in [0.717, 1.165) is 59.5 Å². The minimum atomic E-state index is 0.0525. The van der Waals surface area contributed by atoms with Gasteiger partial charge in [0.05, 0.1) is 23.5 Å². The van der Waals surface area contributed by atoms with Gasteiger partial charge in [0.25, 0.3) is 0 Å². The second kappa shape index (κ2) is 8.67.